The van der Waals surface area contributed by atoms with Gasteiger partial charge in [0.1, 0.15) is 5.82 Å². The maximum absolute atomic E-state index is 12.6. The van der Waals surface area contributed by atoms with E-state index >= 15 is 0 Å². The van der Waals surface area contributed by atoms with Crippen molar-refractivity contribution >= 4 is 35.1 Å². The molecule has 10 heteroatoms. The zero-order valence-corrected chi connectivity index (χ0v) is 18.4. The number of hydrogen-bond donors (Lipinski definition) is 3. The van der Waals surface area contributed by atoms with Crippen LogP contribution in [-0.4, -0.2) is 53.7 Å². The maximum atomic E-state index is 12.6. The molecule has 0 bridgehead atoms. The molecule has 170 valence electrons. The van der Waals surface area contributed by atoms with E-state index in [0.717, 1.165) is 19.4 Å². The van der Waals surface area contributed by atoms with E-state index in [1.54, 1.807) is 19.1 Å². The molecule has 0 aliphatic carbocycles. The van der Waals surface area contributed by atoms with Crippen LogP contribution in [0.15, 0.2) is 18.3 Å². The number of esters is 1. The van der Waals surface area contributed by atoms with Crippen molar-refractivity contribution in [3.8, 4) is 0 Å². The molecule has 3 rings (SSSR count). The van der Waals surface area contributed by atoms with Gasteiger partial charge in [0.05, 0.1) is 42.6 Å². The largest absolute Gasteiger partial charge is 0.465 e. The highest BCUT2D eigenvalue weighted by Crippen LogP contribution is 2.23. The highest BCUT2D eigenvalue weighted by Gasteiger charge is 2.26. The number of nitrogens with two attached hydrogens (primary N) is 1. The van der Waals surface area contributed by atoms with E-state index in [2.05, 4.69) is 15.3 Å². The number of ether oxygens (including phenoxy) is 1. The third-order valence-electron chi connectivity index (χ3n) is 5.59. The van der Waals surface area contributed by atoms with Crippen LogP contribution in [0, 0.1) is 12.8 Å². The van der Waals surface area contributed by atoms with Gasteiger partial charge in [-0.05, 0) is 37.5 Å². The lowest BCUT2D eigenvalue weighted by molar-refractivity contribution is -0.122. The monoisotopic (exact) mass is 441 g/mol. The predicted octanol–water partition coefficient (Wildman–Crippen LogP) is 1.59. The maximum Gasteiger partial charge on any atom is 0.339 e. The van der Waals surface area contributed by atoms with Crippen molar-refractivity contribution in [2.24, 2.45) is 11.7 Å². The molecule has 1 unspecified atom stereocenters. The molecule has 10 nitrogen and oxygen atoms in total. The van der Waals surface area contributed by atoms with Crippen molar-refractivity contribution in [3.05, 3.63) is 40.8 Å². The summed E-state index contributed by atoms with van der Waals surface area (Å²) in [5.74, 6) is -1.04. The number of piperidine rings is 1. The minimum atomic E-state index is -0.615. The predicted molar refractivity (Wildman–Crippen MR) is 118 cm³/mol. The van der Waals surface area contributed by atoms with Crippen molar-refractivity contribution in [1.82, 2.24) is 9.97 Å². The van der Waals surface area contributed by atoms with Crippen LogP contribution in [0.5, 0.6) is 0 Å². The minimum absolute atomic E-state index is 0.146. The molecule has 1 saturated heterocycles. The van der Waals surface area contributed by atoms with Crippen LogP contribution in [0.4, 0.5) is 11.5 Å². The summed E-state index contributed by atoms with van der Waals surface area (Å²) in [5, 5.41) is 2.74. The molecule has 1 atom stereocenters. The Bertz CT molecular complexity index is 1040. The molecule has 0 spiro atoms. The summed E-state index contributed by atoms with van der Waals surface area (Å²) in [4.78, 5) is 57.3. The van der Waals surface area contributed by atoms with Gasteiger partial charge in [-0.2, -0.15) is 0 Å². The van der Waals surface area contributed by atoms with Crippen LogP contribution < -0.4 is 16.0 Å². The quantitative estimate of drug-likeness (QED) is 0.436. The lowest BCUT2D eigenvalue weighted by Gasteiger charge is -2.32. The average molecular weight is 441 g/mol. The number of hydrogen-bond acceptors (Lipinski definition) is 7. The first-order chi connectivity index (χ1) is 15.2. The molecule has 1 aliphatic heterocycles. The Kier molecular flexibility index (Phi) is 6.92. The van der Waals surface area contributed by atoms with Crippen LogP contribution in [0.1, 0.15) is 51.9 Å². The van der Waals surface area contributed by atoms with Crippen LogP contribution >= 0.6 is 0 Å². The zero-order valence-electron chi connectivity index (χ0n) is 18.4. The number of amides is 2. The van der Waals surface area contributed by atoms with Crippen molar-refractivity contribution in [3.63, 3.8) is 0 Å². The topological polar surface area (TPSA) is 147 Å². The number of pyridine rings is 1. The molecule has 4 N–H and O–H groups in total. The average Bonchev–Trinajstić information content (AvgIpc) is 3.09. The molecule has 0 radical (unpaired) electrons. The van der Waals surface area contributed by atoms with Gasteiger partial charge < -0.3 is 25.7 Å². The van der Waals surface area contributed by atoms with Gasteiger partial charge in [-0.15, -0.1) is 0 Å². The second kappa shape index (κ2) is 9.63. The summed E-state index contributed by atoms with van der Waals surface area (Å²) in [6.07, 6.45) is 3.02. The SMILES string of the molecule is COC(=O)c1c(CC(=O)Nc2ccc(N3CCCC(C(N)=O)C3)nc2)[nH]c(C(C)=O)c1C. The van der Waals surface area contributed by atoms with E-state index in [-0.39, 0.29) is 41.2 Å². The van der Waals surface area contributed by atoms with Crippen LogP contribution in [0.2, 0.25) is 0 Å². The number of primary amides is 1. The van der Waals surface area contributed by atoms with Crippen molar-refractivity contribution in [1.29, 1.82) is 0 Å². The van der Waals surface area contributed by atoms with Gasteiger partial charge in [0, 0.05) is 25.7 Å². The molecule has 0 saturated carbocycles. The van der Waals surface area contributed by atoms with Crippen LogP contribution in [-0.2, 0) is 20.7 Å². The normalized spacial score (nSPS) is 15.8. The van der Waals surface area contributed by atoms with Gasteiger partial charge in [-0.25, -0.2) is 9.78 Å². The molecular formula is C22H27N5O5. The Hall–Kier alpha value is -3.69. The summed E-state index contributed by atoms with van der Waals surface area (Å²) in [5.41, 5.74) is 7.14. The zero-order chi connectivity index (χ0) is 23.4. The van der Waals surface area contributed by atoms with Gasteiger partial charge in [0.25, 0.3) is 0 Å². The second-order valence-corrected chi connectivity index (χ2v) is 7.84. The van der Waals surface area contributed by atoms with E-state index in [1.807, 2.05) is 4.90 Å². The molecule has 1 fully saturated rings. The molecule has 32 heavy (non-hydrogen) atoms. The third kappa shape index (κ3) is 4.96. The number of H-pyrrole nitrogens is 1. The summed E-state index contributed by atoms with van der Waals surface area (Å²) >= 11 is 0. The van der Waals surface area contributed by atoms with Gasteiger partial charge in [0.15, 0.2) is 5.78 Å². The van der Waals surface area contributed by atoms with Gasteiger partial charge in [0.2, 0.25) is 11.8 Å². The highest BCUT2D eigenvalue weighted by molar-refractivity contribution is 6.02. The lowest BCUT2D eigenvalue weighted by atomic mass is 9.97. The first-order valence-corrected chi connectivity index (χ1v) is 10.3. The second-order valence-electron chi connectivity index (χ2n) is 7.84. The number of carbonyl (C=O) groups excluding carboxylic acids is 4. The fourth-order valence-corrected chi connectivity index (χ4v) is 3.95. The molecule has 1 aliphatic rings. The standard InChI is InChI=1S/C22H27N5O5/c1-12-19(22(31)32-3)16(26-20(12)13(2)28)9-18(29)25-15-6-7-17(24-10-15)27-8-4-5-14(11-27)21(23)30/h6-7,10,14,26H,4-5,8-9,11H2,1-3H3,(H2,23,30)(H,25,29). The third-order valence-corrected chi connectivity index (χ3v) is 5.59. The minimum Gasteiger partial charge on any atom is -0.465 e. The number of methoxy groups -OCH3 is 1. The first kappa shape index (κ1) is 23.0. The fraction of sp³-hybridized carbons (Fsp3) is 0.409. The Morgan fingerprint density at radius 3 is 2.66 bits per heavy atom. The smallest absolute Gasteiger partial charge is 0.339 e. The van der Waals surface area contributed by atoms with E-state index in [9.17, 15) is 19.2 Å². The van der Waals surface area contributed by atoms with Gasteiger partial charge in [-0.1, -0.05) is 0 Å². The number of nitrogens with zero attached hydrogens (tertiary/aromatic N) is 2. The summed E-state index contributed by atoms with van der Waals surface area (Å²) in [6.45, 7) is 4.32. The number of aromatic nitrogens is 2. The van der Waals surface area contributed by atoms with Crippen LogP contribution in [0.25, 0.3) is 0 Å². The van der Waals surface area contributed by atoms with Crippen LogP contribution in [0.3, 0.4) is 0 Å². The molecule has 3 heterocycles. The number of Topliss-reactive ketones (excluding diaryl/α,β-unsaturated/α-hetero) is 1. The lowest BCUT2D eigenvalue weighted by Crippen LogP contribution is -2.41. The molecule has 2 aromatic heterocycles. The van der Waals surface area contributed by atoms with Crippen molar-refractivity contribution < 1.29 is 23.9 Å². The highest BCUT2D eigenvalue weighted by atomic mass is 16.5. The summed E-state index contributed by atoms with van der Waals surface area (Å²) in [7, 11) is 1.24. The number of nitrogens with one attached hydrogen (secondary N) is 2. The summed E-state index contributed by atoms with van der Waals surface area (Å²) < 4.78 is 4.80. The van der Waals surface area contributed by atoms with Gasteiger partial charge >= 0.3 is 5.97 Å². The van der Waals surface area contributed by atoms with Gasteiger partial charge in [-0.3, -0.25) is 14.4 Å². The first-order valence-electron chi connectivity index (χ1n) is 10.3. The Labute approximate surface area is 185 Å². The molecular weight excluding hydrogens is 414 g/mol. The molecule has 2 aromatic rings. The molecule has 0 aromatic carbocycles. The Balaban J connectivity index is 1.69. The van der Waals surface area contributed by atoms with Crippen molar-refractivity contribution in [2.75, 3.05) is 30.4 Å². The van der Waals surface area contributed by atoms with E-state index in [1.165, 1.54) is 20.2 Å². The van der Waals surface area contributed by atoms with Crippen molar-refractivity contribution in [2.45, 2.75) is 33.1 Å². The molecule has 2 amide bonds. The van der Waals surface area contributed by atoms with E-state index < -0.39 is 5.97 Å². The summed E-state index contributed by atoms with van der Waals surface area (Å²) in [6, 6.07) is 3.49. The Morgan fingerprint density at radius 1 is 1.31 bits per heavy atom. The number of ketones is 1. The number of aromatic amines is 1. The van der Waals surface area contributed by atoms with E-state index in [4.69, 9.17) is 10.5 Å². The number of carbonyl (C=O) groups is 4. The fourth-order valence-electron chi connectivity index (χ4n) is 3.95. The Morgan fingerprint density at radius 2 is 2.06 bits per heavy atom. The number of anilines is 2. The van der Waals surface area contributed by atoms with E-state index in [0.29, 0.717) is 29.3 Å². The number of rotatable bonds is 7.